The first-order chi connectivity index (χ1) is 12.1. The average Bonchev–Trinajstić information content (AvgIpc) is 3.16. The van der Waals surface area contributed by atoms with Crippen LogP contribution in [0.2, 0.25) is 0 Å². The molecule has 2 amide bonds. The monoisotopic (exact) mass is 418 g/mol. The van der Waals surface area contributed by atoms with E-state index < -0.39 is 0 Å². The quantitative estimate of drug-likeness (QED) is 0.731. The van der Waals surface area contributed by atoms with E-state index in [0.717, 1.165) is 41.0 Å². The minimum absolute atomic E-state index is 0.144. The minimum atomic E-state index is -0.168. The third-order valence-electron chi connectivity index (χ3n) is 4.04. The second-order valence-corrected chi connectivity index (χ2v) is 7.77. The first-order valence-corrected chi connectivity index (χ1v) is 9.98. The van der Waals surface area contributed by atoms with Crippen molar-refractivity contribution in [1.82, 2.24) is 4.90 Å². The van der Waals surface area contributed by atoms with E-state index in [0.29, 0.717) is 11.3 Å². The number of likely N-dealkylation sites (tertiary alicyclic amines) is 1. The number of nitrogens with one attached hydrogen (secondary N) is 1. The van der Waals surface area contributed by atoms with E-state index in [4.69, 9.17) is 0 Å². The number of nitrogens with zero attached hydrogens (tertiary/aromatic N) is 1. The summed E-state index contributed by atoms with van der Waals surface area (Å²) in [6.45, 7) is 1.70. The van der Waals surface area contributed by atoms with Crippen molar-refractivity contribution in [3.05, 3.63) is 58.6 Å². The van der Waals surface area contributed by atoms with Crippen molar-refractivity contribution in [1.29, 1.82) is 0 Å². The van der Waals surface area contributed by atoms with E-state index in [1.54, 1.807) is 6.07 Å². The normalized spacial score (nSPS) is 13.7. The van der Waals surface area contributed by atoms with Crippen LogP contribution in [0.4, 0.5) is 5.69 Å². The molecule has 2 aromatic rings. The van der Waals surface area contributed by atoms with Gasteiger partial charge in [-0.2, -0.15) is 0 Å². The molecule has 130 valence electrons. The zero-order valence-corrected chi connectivity index (χ0v) is 16.1. The fraction of sp³-hybridized carbons (Fsp3) is 0.263. The Morgan fingerprint density at radius 1 is 1.04 bits per heavy atom. The molecule has 1 fully saturated rings. The van der Waals surface area contributed by atoms with Gasteiger partial charge in [0.05, 0.1) is 11.3 Å². The van der Waals surface area contributed by atoms with Crippen LogP contribution >= 0.6 is 27.7 Å². The Kier molecular flexibility index (Phi) is 6.15. The molecule has 0 radical (unpaired) electrons. The molecule has 2 aromatic carbocycles. The van der Waals surface area contributed by atoms with Crippen molar-refractivity contribution in [2.45, 2.75) is 17.7 Å². The summed E-state index contributed by atoms with van der Waals surface area (Å²) in [6.07, 6.45) is 2.17. The summed E-state index contributed by atoms with van der Waals surface area (Å²) >= 11 is 4.80. The largest absolute Gasteiger partial charge is 0.342 e. The summed E-state index contributed by atoms with van der Waals surface area (Å²) in [5.41, 5.74) is 1.32. The van der Waals surface area contributed by atoms with E-state index in [1.165, 1.54) is 11.8 Å². The Morgan fingerprint density at radius 2 is 1.72 bits per heavy atom. The average molecular weight is 419 g/mol. The standard InChI is InChI=1S/C19H19BrN2O2S/c20-14-7-9-15(10-8-14)21-19(24)16-5-1-2-6-17(16)25-13-18(23)22-11-3-4-12-22/h1-2,5-10H,3-4,11-13H2,(H,21,24). The Bertz CT molecular complexity index is 758. The Morgan fingerprint density at radius 3 is 2.44 bits per heavy atom. The molecule has 6 heteroatoms. The van der Waals surface area contributed by atoms with Crippen LogP contribution in [0, 0.1) is 0 Å². The summed E-state index contributed by atoms with van der Waals surface area (Å²) < 4.78 is 0.960. The number of rotatable bonds is 5. The third-order valence-corrected chi connectivity index (χ3v) is 5.63. The molecule has 0 spiro atoms. The third kappa shape index (κ3) is 4.86. The van der Waals surface area contributed by atoms with E-state index in [2.05, 4.69) is 21.2 Å². The molecule has 1 heterocycles. The SMILES string of the molecule is O=C(Nc1ccc(Br)cc1)c1ccccc1SCC(=O)N1CCCC1. The maximum atomic E-state index is 12.6. The lowest BCUT2D eigenvalue weighted by Crippen LogP contribution is -2.29. The van der Waals surface area contributed by atoms with Crippen molar-refractivity contribution < 1.29 is 9.59 Å². The molecule has 0 aromatic heterocycles. The topological polar surface area (TPSA) is 49.4 Å². The first-order valence-electron chi connectivity index (χ1n) is 8.20. The van der Waals surface area contributed by atoms with Crippen LogP contribution in [-0.2, 0) is 4.79 Å². The highest BCUT2D eigenvalue weighted by Gasteiger charge is 2.19. The maximum Gasteiger partial charge on any atom is 0.256 e. The number of thioether (sulfide) groups is 1. The molecule has 0 unspecified atom stereocenters. The van der Waals surface area contributed by atoms with Gasteiger partial charge in [-0.3, -0.25) is 9.59 Å². The van der Waals surface area contributed by atoms with E-state index in [1.807, 2.05) is 47.4 Å². The van der Waals surface area contributed by atoms with Crippen LogP contribution in [0.25, 0.3) is 0 Å². The van der Waals surface area contributed by atoms with Crippen LogP contribution in [0.3, 0.4) is 0 Å². The van der Waals surface area contributed by atoms with Crippen molar-refractivity contribution in [3.8, 4) is 0 Å². The van der Waals surface area contributed by atoms with Gasteiger partial charge in [0, 0.05) is 28.1 Å². The van der Waals surface area contributed by atoms with E-state index >= 15 is 0 Å². The minimum Gasteiger partial charge on any atom is -0.342 e. The highest BCUT2D eigenvalue weighted by molar-refractivity contribution is 9.10. The molecule has 3 rings (SSSR count). The summed E-state index contributed by atoms with van der Waals surface area (Å²) in [6, 6.07) is 14.8. The van der Waals surface area contributed by atoms with Gasteiger partial charge in [0.25, 0.3) is 5.91 Å². The zero-order valence-electron chi connectivity index (χ0n) is 13.7. The van der Waals surface area contributed by atoms with Gasteiger partial charge in [0.15, 0.2) is 0 Å². The number of hydrogen-bond acceptors (Lipinski definition) is 3. The van der Waals surface area contributed by atoms with Gasteiger partial charge in [0.1, 0.15) is 0 Å². The van der Waals surface area contributed by atoms with Gasteiger partial charge in [-0.25, -0.2) is 0 Å². The van der Waals surface area contributed by atoms with Gasteiger partial charge in [-0.05, 0) is 49.2 Å². The Hall–Kier alpha value is -1.79. The molecule has 4 nitrogen and oxygen atoms in total. The number of carbonyl (C=O) groups excluding carboxylic acids is 2. The highest BCUT2D eigenvalue weighted by Crippen LogP contribution is 2.25. The molecule has 0 bridgehead atoms. The Balaban J connectivity index is 1.66. The van der Waals surface area contributed by atoms with Crippen molar-refractivity contribution in [3.63, 3.8) is 0 Å². The second kappa shape index (κ2) is 8.54. The van der Waals surface area contributed by atoms with Gasteiger partial charge >= 0.3 is 0 Å². The molecule has 1 aliphatic rings. The predicted molar refractivity (Wildman–Crippen MR) is 105 cm³/mol. The fourth-order valence-corrected chi connectivity index (χ4v) is 3.93. The maximum absolute atomic E-state index is 12.6. The van der Waals surface area contributed by atoms with Crippen LogP contribution in [0.5, 0.6) is 0 Å². The zero-order chi connectivity index (χ0) is 17.6. The smallest absolute Gasteiger partial charge is 0.256 e. The second-order valence-electron chi connectivity index (χ2n) is 5.83. The number of carbonyl (C=O) groups is 2. The summed E-state index contributed by atoms with van der Waals surface area (Å²) in [7, 11) is 0. The van der Waals surface area contributed by atoms with Gasteiger partial charge in [0.2, 0.25) is 5.91 Å². The lowest BCUT2D eigenvalue weighted by Gasteiger charge is -2.15. The van der Waals surface area contributed by atoms with Gasteiger partial charge < -0.3 is 10.2 Å². The van der Waals surface area contributed by atoms with Gasteiger partial charge in [-0.15, -0.1) is 11.8 Å². The Labute approximate surface area is 160 Å². The van der Waals surface area contributed by atoms with Crippen molar-refractivity contribution in [2.24, 2.45) is 0 Å². The molecular weight excluding hydrogens is 400 g/mol. The van der Waals surface area contributed by atoms with Crippen LogP contribution < -0.4 is 5.32 Å². The molecular formula is C19H19BrN2O2S. The molecule has 25 heavy (non-hydrogen) atoms. The van der Waals surface area contributed by atoms with Crippen molar-refractivity contribution in [2.75, 3.05) is 24.2 Å². The molecule has 0 atom stereocenters. The lowest BCUT2D eigenvalue weighted by atomic mass is 10.2. The van der Waals surface area contributed by atoms with E-state index in [-0.39, 0.29) is 11.8 Å². The fourth-order valence-electron chi connectivity index (χ4n) is 2.71. The summed E-state index contributed by atoms with van der Waals surface area (Å²) in [4.78, 5) is 27.5. The molecule has 0 aliphatic carbocycles. The number of amides is 2. The molecule has 1 saturated heterocycles. The number of hydrogen-bond donors (Lipinski definition) is 1. The van der Waals surface area contributed by atoms with Crippen LogP contribution in [-0.4, -0.2) is 35.6 Å². The van der Waals surface area contributed by atoms with Crippen molar-refractivity contribution >= 4 is 45.2 Å². The van der Waals surface area contributed by atoms with Crippen LogP contribution in [0.15, 0.2) is 57.9 Å². The predicted octanol–water partition coefficient (Wildman–Crippen LogP) is 4.42. The number of benzene rings is 2. The number of anilines is 1. The van der Waals surface area contributed by atoms with Gasteiger partial charge in [-0.1, -0.05) is 28.1 Å². The van der Waals surface area contributed by atoms with Crippen LogP contribution in [0.1, 0.15) is 23.2 Å². The molecule has 1 aliphatic heterocycles. The number of halogens is 1. The molecule has 1 N–H and O–H groups in total. The lowest BCUT2D eigenvalue weighted by molar-refractivity contribution is -0.127. The summed E-state index contributed by atoms with van der Waals surface area (Å²) in [5, 5.41) is 2.90. The summed E-state index contributed by atoms with van der Waals surface area (Å²) in [5.74, 6) is 0.340. The first kappa shape index (κ1) is 18.0. The van der Waals surface area contributed by atoms with E-state index in [9.17, 15) is 9.59 Å². The molecule has 0 saturated carbocycles. The highest BCUT2D eigenvalue weighted by atomic mass is 79.9.